The van der Waals surface area contributed by atoms with E-state index in [9.17, 15) is 9.59 Å². The van der Waals surface area contributed by atoms with Gasteiger partial charge in [-0.1, -0.05) is 18.2 Å². The summed E-state index contributed by atoms with van der Waals surface area (Å²) < 4.78 is 5.51. The summed E-state index contributed by atoms with van der Waals surface area (Å²) in [5.74, 6) is -0.143. The number of nitrogens with one attached hydrogen (secondary N) is 2. The Kier molecular flexibility index (Phi) is 6.82. The van der Waals surface area contributed by atoms with E-state index in [1.54, 1.807) is 29.3 Å². The molecule has 2 N–H and O–H groups in total. The van der Waals surface area contributed by atoms with Gasteiger partial charge in [-0.3, -0.25) is 9.69 Å². The molecule has 3 rings (SSSR count). The summed E-state index contributed by atoms with van der Waals surface area (Å²) in [7, 11) is 0. The molecule has 0 radical (unpaired) electrons. The number of nitrogens with zero attached hydrogens (tertiary/aromatic N) is 2. The maximum Gasteiger partial charge on any atom is 0.387 e. The average molecular weight is 362 g/mol. The third-order valence-electron chi connectivity index (χ3n) is 4.75. The molecule has 1 unspecified atom stereocenters. The number of hydrogen-bond donors (Lipinski definition) is 2. The molecule has 142 valence electrons. The summed E-state index contributed by atoms with van der Waals surface area (Å²) in [6.07, 6.45) is 1.59. The smallest absolute Gasteiger partial charge is 0.387 e. The lowest BCUT2D eigenvalue weighted by Crippen LogP contribution is -2.54. The fourth-order valence-electron chi connectivity index (χ4n) is 3.35. The molecular formula is C18H26N4O4. The molecule has 1 amide bonds. The molecular weight excluding hydrogens is 336 g/mol. The molecule has 0 bridgehead atoms. The van der Waals surface area contributed by atoms with Gasteiger partial charge in [-0.05, 0) is 38.1 Å². The molecule has 1 atom stereocenters. The first kappa shape index (κ1) is 18.6. The van der Waals surface area contributed by atoms with Crippen LogP contribution in [0.4, 0.5) is 0 Å². The molecule has 1 aromatic carbocycles. The van der Waals surface area contributed by atoms with E-state index in [0.717, 1.165) is 39.0 Å². The van der Waals surface area contributed by atoms with Crippen molar-refractivity contribution in [2.45, 2.75) is 25.1 Å². The Labute approximate surface area is 153 Å². The molecule has 8 nitrogen and oxygen atoms in total. The molecule has 1 aromatic rings. The Morgan fingerprint density at radius 3 is 2.50 bits per heavy atom. The monoisotopic (exact) mass is 362 g/mol. The van der Waals surface area contributed by atoms with Crippen LogP contribution in [0.25, 0.3) is 0 Å². The lowest BCUT2D eigenvalue weighted by atomic mass is 10.0. The molecule has 26 heavy (non-hydrogen) atoms. The zero-order chi connectivity index (χ0) is 18.2. The number of carbonyl (C=O) groups excluding carboxylic acids is 2. The van der Waals surface area contributed by atoms with Crippen molar-refractivity contribution in [3.8, 4) is 5.75 Å². The third kappa shape index (κ3) is 5.17. The summed E-state index contributed by atoms with van der Waals surface area (Å²) in [5, 5.41) is 7.38. The molecule has 2 fully saturated rings. The number of ether oxygens (including phenoxy) is 1. The van der Waals surface area contributed by atoms with Crippen LogP contribution in [0.5, 0.6) is 5.75 Å². The third-order valence-corrected chi connectivity index (χ3v) is 4.75. The first-order valence-electron chi connectivity index (χ1n) is 9.09. The SMILES string of the molecule is O=CNC(Oc1ccccc1)C(=O)ON1CCN(C2CCNCC2)CC1. The van der Waals surface area contributed by atoms with Crippen LogP contribution >= 0.6 is 0 Å². The minimum Gasteiger partial charge on any atom is -0.459 e. The van der Waals surface area contributed by atoms with E-state index < -0.39 is 12.2 Å². The van der Waals surface area contributed by atoms with Gasteiger partial charge in [0.05, 0.1) is 0 Å². The van der Waals surface area contributed by atoms with Crippen LogP contribution < -0.4 is 15.4 Å². The van der Waals surface area contributed by atoms with E-state index in [0.29, 0.717) is 31.3 Å². The summed E-state index contributed by atoms with van der Waals surface area (Å²) in [6, 6.07) is 9.46. The number of rotatable bonds is 7. The van der Waals surface area contributed by atoms with Gasteiger partial charge in [0, 0.05) is 32.2 Å². The Balaban J connectivity index is 1.47. The van der Waals surface area contributed by atoms with Crippen LogP contribution in [0.1, 0.15) is 12.8 Å². The summed E-state index contributed by atoms with van der Waals surface area (Å²) in [5.41, 5.74) is 0. The second-order valence-corrected chi connectivity index (χ2v) is 6.45. The van der Waals surface area contributed by atoms with Gasteiger partial charge in [0.2, 0.25) is 6.41 Å². The largest absolute Gasteiger partial charge is 0.459 e. The van der Waals surface area contributed by atoms with Crippen molar-refractivity contribution in [2.75, 3.05) is 39.3 Å². The average Bonchev–Trinajstić information content (AvgIpc) is 2.70. The number of para-hydroxylation sites is 1. The topological polar surface area (TPSA) is 83.1 Å². The normalized spacial score (nSPS) is 20.9. The Bertz CT molecular complexity index is 572. The van der Waals surface area contributed by atoms with Crippen molar-refractivity contribution >= 4 is 12.4 Å². The van der Waals surface area contributed by atoms with Gasteiger partial charge >= 0.3 is 5.97 Å². The highest BCUT2D eigenvalue weighted by atomic mass is 16.7. The standard InChI is InChI=1S/C18H26N4O4/c23-14-20-17(25-16-4-2-1-3-5-16)18(24)26-22-12-10-21(11-13-22)15-6-8-19-9-7-15/h1-5,14-15,17,19H,6-13H2,(H,20,23). The van der Waals surface area contributed by atoms with Gasteiger partial charge in [-0.25, -0.2) is 4.79 Å². The number of benzene rings is 1. The highest BCUT2D eigenvalue weighted by Gasteiger charge is 2.29. The molecule has 2 aliphatic rings. The van der Waals surface area contributed by atoms with Crippen LogP contribution in [0.3, 0.4) is 0 Å². The Morgan fingerprint density at radius 2 is 1.85 bits per heavy atom. The van der Waals surface area contributed by atoms with E-state index in [1.807, 2.05) is 6.07 Å². The number of hydrogen-bond acceptors (Lipinski definition) is 7. The lowest BCUT2D eigenvalue weighted by molar-refractivity contribution is -0.207. The van der Waals surface area contributed by atoms with Crippen LogP contribution in [0, 0.1) is 0 Å². The van der Waals surface area contributed by atoms with Crippen LogP contribution in [0.2, 0.25) is 0 Å². The zero-order valence-electron chi connectivity index (χ0n) is 14.8. The van der Waals surface area contributed by atoms with Gasteiger partial charge in [-0.2, -0.15) is 0 Å². The zero-order valence-corrected chi connectivity index (χ0v) is 14.8. The van der Waals surface area contributed by atoms with E-state index in [4.69, 9.17) is 9.57 Å². The first-order valence-corrected chi connectivity index (χ1v) is 9.09. The van der Waals surface area contributed by atoms with Crippen LogP contribution in [0.15, 0.2) is 30.3 Å². The number of amides is 1. The van der Waals surface area contributed by atoms with Gasteiger partial charge < -0.3 is 20.2 Å². The van der Waals surface area contributed by atoms with E-state index in [2.05, 4.69) is 15.5 Å². The molecule has 0 aliphatic carbocycles. The minimum atomic E-state index is -1.17. The minimum absolute atomic E-state index is 0.434. The van der Waals surface area contributed by atoms with Crippen LogP contribution in [-0.2, 0) is 14.4 Å². The first-order chi connectivity index (χ1) is 12.8. The number of piperidine rings is 1. The fourth-order valence-corrected chi connectivity index (χ4v) is 3.35. The molecule has 2 aliphatic heterocycles. The maximum atomic E-state index is 12.4. The van der Waals surface area contributed by atoms with Gasteiger partial charge in [-0.15, -0.1) is 5.06 Å². The Morgan fingerprint density at radius 1 is 1.15 bits per heavy atom. The van der Waals surface area contributed by atoms with Crippen molar-refractivity contribution in [2.24, 2.45) is 0 Å². The lowest BCUT2D eigenvalue weighted by Gasteiger charge is -2.40. The predicted octanol–water partition coefficient (Wildman–Crippen LogP) is -0.0347. The number of piperazine rings is 1. The Hall–Kier alpha value is -2.16. The van der Waals surface area contributed by atoms with Crippen molar-refractivity contribution in [3.63, 3.8) is 0 Å². The second-order valence-electron chi connectivity index (χ2n) is 6.45. The second kappa shape index (κ2) is 9.51. The van der Waals surface area contributed by atoms with Crippen LogP contribution in [-0.4, -0.2) is 73.9 Å². The highest BCUT2D eigenvalue weighted by molar-refractivity contribution is 5.76. The summed E-state index contributed by atoms with van der Waals surface area (Å²) >= 11 is 0. The van der Waals surface area contributed by atoms with Crippen molar-refractivity contribution in [1.29, 1.82) is 0 Å². The van der Waals surface area contributed by atoms with Gasteiger partial charge in [0.25, 0.3) is 6.23 Å². The van der Waals surface area contributed by atoms with E-state index in [-0.39, 0.29) is 0 Å². The fraction of sp³-hybridized carbons (Fsp3) is 0.556. The molecule has 0 spiro atoms. The molecule has 8 heteroatoms. The molecule has 0 saturated carbocycles. The highest BCUT2D eigenvalue weighted by Crippen LogP contribution is 2.15. The van der Waals surface area contributed by atoms with Gasteiger partial charge in [0.1, 0.15) is 5.75 Å². The quantitative estimate of drug-likeness (QED) is 0.520. The van der Waals surface area contributed by atoms with E-state index in [1.165, 1.54) is 0 Å². The number of hydroxylamine groups is 2. The molecule has 2 saturated heterocycles. The van der Waals surface area contributed by atoms with Crippen molar-refractivity contribution < 1.29 is 19.2 Å². The van der Waals surface area contributed by atoms with Crippen molar-refractivity contribution in [1.82, 2.24) is 20.6 Å². The van der Waals surface area contributed by atoms with Crippen molar-refractivity contribution in [3.05, 3.63) is 30.3 Å². The molecule has 0 aromatic heterocycles. The number of carbonyl (C=O) groups is 2. The maximum absolute atomic E-state index is 12.4. The predicted molar refractivity (Wildman–Crippen MR) is 95.2 cm³/mol. The van der Waals surface area contributed by atoms with Gasteiger partial charge in [0.15, 0.2) is 0 Å². The summed E-state index contributed by atoms with van der Waals surface area (Å²) in [6.45, 7) is 5.15. The summed E-state index contributed by atoms with van der Waals surface area (Å²) in [4.78, 5) is 31.0. The van der Waals surface area contributed by atoms with E-state index >= 15 is 0 Å². The molecule has 2 heterocycles.